The van der Waals surface area contributed by atoms with E-state index in [0.717, 1.165) is 37.0 Å². The molecule has 19 heavy (non-hydrogen) atoms. The van der Waals surface area contributed by atoms with Gasteiger partial charge in [0.05, 0.1) is 0 Å². The van der Waals surface area contributed by atoms with E-state index in [1.165, 1.54) is 38.5 Å². The van der Waals surface area contributed by atoms with Crippen molar-refractivity contribution in [2.75, 3.05) is 12.3 Å². The number of unbranched alkanes of at least 4 members (excludes halogenated alkanes) is 4. The Hall–Kier alpha value is 0.520. The maximum absolute atomic E-state index is 12.2. The molecule has 0 unspecified atom stereocenters. The van der Waals surface area contributed by atoms with E-state index in [1.54, 1.807) is 0 Å². The molecule has 0 saturated carbocycles. The Kier molecular flexibility index (Phi) is 11.5. The summed E-state index contributed by atoms with van der Waals surface area (Å²) in [6.07, 6.45) is 11.0. The van der Waals surface area contributed by atoms with E-state index in [4.69, 9.17) is 11.2 Å². The van der Waals surface area contributed by atoms with Gasteiger partial charge in [0.15, 0.2) is 6.49 Å². The van der Waals surface area contributed by atoms with Crippen molar-refractivity contribution in [2.45, 2.75) is 79.1 Å². The summed E-state index contributed by atoms with van der Waals surface area (Å²) in [7, 11) is 0. The lowest BCUT2D eigenvalue weighted by Crippen LogP contribution is -1.94. The highest BCUT2D eigenvalue weighted by Crippen LogP contribution is 2.52. The fourth-order valence-electron chi connectivity index (χ4n) is 2.27. The molecule has 0 fully saturated rings. The maximum atomic E-state index is 12.2. The molecule has 0 atom stereocenters. The van der Waals surface area contributed by atoms with Crippen LogP contribution < -0.4 is 0 Å². The van der Waals surface area contributed by atoms with Gasteiger partial charge in [0.1, 0.15) is 0 Å². The van der Waals surface area contributed by atoms with Gasteiger partial charge in [0.25, 0.3) is 0 Å². The molecule has 0 saturated heterocycles. The molecule has 0 N–H and O–H groups in total. The van der Waals surface area contributed by atoms with Crippen LogP contribution in [0.25, 0.3) is 0 Å². The molecule has 0 amide bonds. The minimum Gasteiger partial charge on any atom is -0.307 e. The third-order valence-corrected chi connectivity index (χ3v) is 6.53. The fraction of sp³-hybridized carbons (Fsp3) is 1.00. The SMILES string of the molecule is CC(C)CCCCCP(=O)(Cl)CCCCCC(C)C. The Bertz CT molecular complexity index is 229. The van der Waals surface area contributed by atoms with E-state index in [0.29, 0.717) is 0 Å². The number of rotatable bonds is 12. The number of halogens is 1. The van der Waals surface area contributed by atoms with Gasteiger partial charge in [-0.1, -0.05) is 77.5 Å². The molecule has 0 aromatic carbocycles. The standard InChI is InChI=1S/C16H34ClOP/c1-15(2)11-7-5-9-13-19(17,18)14-10-6-8-12-16(3)4/h15-16H,5-14H2,1-4H3. The van der Waals surface area contributed by atoms with Gasteiger partial charge in [0, 0.05) is 12.3 Å². The second kappa shape index (κ2) is 11.2. The quantitative estimate of drug-likeness (QED) is 0.282. The van der Waals surface area contributed by atoms with E-state index >= 15 is 0 Å². The lowest BCUT2D eigenvalue weighted by atomic mass is 10.1. The van der Waals surface area contributed by atoms with Crippen LogP contribution in [0, 0.1) is 11.8 Å². The van der Waals surface area contributed by atoms with Crippen LogP contribution in [0.5, 0.6) is 0 Å². The monoisotopic (exact) mass is 308 g/mol. The first-order chi connectivity index (χ1) is 8.83. The third-order valence-electron chi connectivity index (χ3n) is 3.55. The summed E-state index contributed by atoms with van der Waals surface area (Å²) in [6, 6.07) is 0. The summed E-state index contributed by atoms with van der Waals surface area (Å²) in [5, 5.41) is 0. The summed E-state index contributed by atoms with van der Waals surface area (Å²) in [5.74, 6) is 1.56. The van der Waals surface area contributed by atoms with Crippen molar-refractivity contribution in [3.63, 3.8) is 0 Å². The van der Waals surface area contributed by atoms with E-state index in [1.807, 2.05) is 0 Å². The summed E-state index contributed by atoms with van der Waals surface area (Å²) in [6.45, 7) is 6.67. The molecule has 0 aromatic heterocycles. The second-order valence-electron chi connectivity index (χ2n) is 6.72. The molecular formula is C16H34ClOP. The van der Waals surface area contributed by atoms with Gasteiger partial charge in [-0.15, -0.1) is 0 Å². The van der Waals surface area contributed by atoms with Crippen LogP contribution >= 0.6 is 17.7 Å². The Morgan fingerprint density at radius 2 is 1.11 bits per heavy atom. The summed E-state index contributed by atoms with van der Waals surface area (Å²) in [4.78, 5) is 0. The van der Waals surface area contributed by atoms with Crippen molar-refractivity contribution in [3.8, 4) is 0 Å². The minimum absolute atomic E-state index is 0.747. The van der Waals surface area contributed by atoms with Crippen LogP contribution in [0.3, 0.4) is 0 Å². The van der Waals surface area contributed by atoms with Gasteiger partial charge in [-0.2, -0.15) is 0 Å². The van der Waals surface area contributed by atoms with Crippen LogP contribution in [0.4, 0.5) is 0 Å². The fourth-order valence-corrected chi connectivity index (χ4v) is 4.60. The van der Waals surface area contributed by atoms with E-state index in [9.17, 15) is 4.57 Å². The van der Waals surface area contributed by atoms with Gasteiger partial charge in [0.2, 0.25) is 0 Å². The summed E-state index contributed by atoms with van der Waals surface area (Å²) < 4.78 is 12.2. The zero-order chi connectivity index (χ0) is 14.7. The van der Waals surface area contributed by atoms with Gasteiger partial charge >= 0.3 is 0 Å². The highest BCUT2D eigenvalue weighted by atomic mass is 35.7. The van der Waals surface area contributed by atoms with Crippen molar-refractivity contribution in [1.29, 1.82) is 0 Å². The van der Waals surface area contributed by atoms with Gasteiger partial charge in [-0.3, -0.25) is 0 Å². The van der Waals surface area contributed by atoms with Crippen LogP contribution in [0.1, 0.15) is 79.1 Å². The summed E-state index contributed by atoms with van der Waals surface area (Å²) >= 11 is 6.17. The van der Waals surface area contributed by atoms with Gasteiger partial charge in [-0.25, -0.2) is 0 Å². The van der Waals surface area contributed by atoms with Crippen LogP contribution in [0.15, 0.2) is 0 Å². The first kappa shape index (κ1) is 19.5. The molecule has 0 aromatic rings. The molecule has 0 spiro atoms. The largest absolute Gasteiger partial charge is 0.307 e. The minimum atomic E-state index is -2.35. The molecule has 1 nitrogen and oxygen atoms in total. The molecular weight excluding hydrogens is 275 g/mol. The Balaban J connectivity index is 3.50. The Morgan fingerprint density at radius 3 is 1.42 bits per heavy atom. The van der Waals surface area contributed by atoms with Crippen molar-refractivity contribution in [3.05, 3.63) is 0 Å². The van der Waals surface area contributed by atoms with Crippen molar-refractivity contribution in [2.24, 2.45) is 11.8 Å². The van der Waals surface area contributed by atoms with E-state index < -0.39 is 6.49 Å². The molecule has 0 aliphatic heterocycles. The first-order valence-corrected chi connectivity index (χ1v) is 11.1. The molecule has 0 heterocycles. The first-order valence-electron chi connectivity index (χ1n) is 8.11. The lowest BCUT2D eigenvalue weighted by Gasteiger charge is -2.11. The van der Waals surface area contributed by atoms with Crippen LogP contribution in [-0.4, -0.2) is 12.3 Å². The normalized spacial score (nSPS) is 12.6. The van der Waals surface area contributed by atoms with Gasteiger partial charge < -0.3 is 4.57 Å². The zero-order valence-electron chi connectivity index (χ0n) is 13.5. The van der Waals surface area contributed by atoms with Crippen molar-refractivity contribution in [1.82, 2.24) is 0 Å². The van der Waals surface area contributed by atoms with E-state index in [2.05, 4.69) is 27.7 Å². The van der Waals surface area contributed by atoms with Gasteiger partial charge in [-0.05, 0) is 24.7 Å². The van der Waals surface area contributed by atoms with Crippen molar-refractivity contribution >= 4 is 17.7 Å². The smallest absolute Gasteiger partial charge is 0.169 e. The summed E-state index contributed by atoms with van der Waals surface area (Å²) in [5.41, 5.74) is 0. The average molecular weight is 309 g/mol. The van der Waals surface area contributed by atoms with Crippen LogP contribution in [-0.2, 0) is 4.57 Å². The topological polar surface area (TPSA) is 17.1 Å². The second-order valence-corrected chi connectivity index (χ2v) is 11.0. The zero-order valence-corrected chi connectivity index (χ0v) is 15.1. The molecule has 0 rings (SSSR count). The maximum Gasteiger partial charge on any atom is 0.169 e. The third kappa shape index (κ3) is 14.7. The molecule has 116 valence electrons. The molecule has 0 aliphatic carbocycles. The Morgan fingerprint density at radius 1 is 0.737 bits per heavy atom. The molecule has 0 aliphatic rings. The highest BCUT2D eigenvalue weighted by Gasteiger charge is 2.16. The number of hydrogen-bond donors (Lipinski definition) is 0. The highest BCUT2D eigenvalue weighted by molar-refractivity contribution is 7.89. The van der Waals surface area contributed by atoms with E-state index in [-0.39, 0.29) is 0 Å². The van der Waals surface area contributed by atoms with Crippen LogP contribution in [0.2, 0.25) is 0 Å². The Labute approximate surface area is 126 Å². The molecule has 0 radical (unpaired) electrons. The van der Waals surface area contributed by atoms with Crippen molar-refractivity contribution < 1.29 is 4.57 Å². The predicted molar refractivity (Wildman–Crippen MR) is 89.8 cm³/mol. The predicted octanol–water partition coefficient (Wildman–Crippen LogP) is 6.94. The average Bonchev–Trinajstić information content (AvgIpc) is 2.27. The molecule has 3 heteroatoms. The lowest BCUT2D eigenvalue weighted by molar-refractivity contribution is 0.528. The number of hydrogen-bond acceptors (Lipinski definition) is 1. The molecule has 0 bridgehead atoms.